The van der Waals surface area contributed by atoms with Crippen LogP contribution in [0.2, 0.25) is 0 Å². The number of rotatable bonds is 4. The van der Waals surface area contributed by atoms with Gasteiger partial charge in [0, 0.05) is 6.07 Å². The molecule has 1 aromatic carbocycles. The minimum absolute atomic E-state index is 0.0578. The Kier molecular flexibility index (Phi) is 4.38. The van der Waals surface area contributed by atoms with Crippen molar-refractivity contribution >= 4 is 45.7 Å². The van der Waals surface area contributed by atoms with Crippen LogP contribution in [0.4, 0.5) is 17.1 Å². The number of isothiocyanates is 1. The first-order chi connectivity index (χ1) is 8.30. The molecule has 0 aliphatic carbocycles. The van der Waals surface area contributed by atoms with Gasteiger partial charge in [-0.25, -0.2) is 0 Å². The van der Waals surface area contributed by atoms with Crippen molar-refractivity contribution in [2.75, 3.05) is 14.1 Å². The zero-order valence-corrected chi connectivity index (χ0v) is 11.2. The van der Waals surface area contributed by atoms with Crippen LogP contribution in [-0.2, 0) is 11.3 Å². The van der Waals surface area contributed by atoms with Gasteiger partial charge in [-0.1, -0.05) is 0 Å². The van der Waals surface area contributed by atoms with E-state index < -0.39 is 20.1 Å². The van der Waals surface area contributed by atoms with E-state index in [-0.39, 0.29) is 11.4 Å². The van der Waals surface area contributed by atoms with E-state index in [0.29, 0.717) is 5.69 Å². The van der Waals surface area contributed by atoms with Gasteiger partial charge in [-0.3, -0.25) is 14.7 Å². The summed E-state index contributed by atoms with van der Waals surface area (Å²) in [5.41, 5.74) is 0.0785. The van der Waals surface area contributed by atoms with E-state index >= 15 is 0 Å². The summed E-state index contributed by atoms with van der Waals surface area (Å²) in [6.07, 6.45) is 0. The maximum absolute atomic E-state index is 11.2. The van der Waals surface area contributed by atoms with Crippen LogP contribution in [0.5, 0.6) is 0 Å². The van der Waals surface area contributed by atoms with Crippen molar-refractivity contribution in [1.29, 1.82) is 0 Å². The second-order valence-electron chi connectivity index (χ2n) is 3.71. The highest BCUT2D eigenvalue weighted by molar-refractivity contribution is 7.78. The van der Waals surface area contributed by atoms with Gasteiger partial charge < -0.3 is 0 Å². The van der Waals surface area contributed by atoms with Crippen LogP contribution < -0.4 is 3.89 Å². The predicted octanol–water partition coefficient (Wildman–Crippen LogP) is 2.03. The summed E-state index contributed by atoms with van der Waals surface area (Å²) in [7, 11) is 2.91. The fourth-order valence-electron chi connectivity index (χ4n) is 1.23. The molecule has 7 nitrogen and oxygen atoms in total. The molecule has 0 heterocycles. The lowest BCUT2D eigenvalue weighted by atomic mass is 10.2. The summed E-state index contributed by atoms with van der Waals surface area (Å²) in [5, 5.41) is 12.9. The van der Waals surface area contributed by atoms with Crippen molar-refractivity contribution in [1.82, 2.24) is 3.89 Å². The Morgan fingerprint density at radius 3 is 2.61 bits per heavy atom. The third-order valence-corrected chi connectivity index (χ3v) is 3.42. The Balaban J connectivity index is 3.45. The summed E-state index contributed by atoms with van der Waals surface area (Å²) in [6.45, 7) is 0. The van der Waals surface area contributed by atoms with Gasteiger partial charge in [0.25, 0.3) is 0 Å². The molecule has 0 saturated carbocycles. The monoisotopic (exact) mass is 288 g/mol. The largest absolute Gasteiger partial charge is 0.363 e. The molecule has 1 N–H and O–H groups in total. The molecule has 0 bridgehead atoms. The van der Waals surface area contributed by atoms with Crippen LogP contribution in [0.1, 0.15) is 0 Å². The van der Waals surface area contributed by atoms with Gasteiger partial charge in [0.15, 0.2) is 11.4 Å². The lowest BCUT2D eigenvalue weighted by molar-refractivity contribution is -0.384. The van der Waals surface area contributed by atoms with Gasteiger partial charge in [-0.15, -0.1) is 0 Å². The fourth-order valence-corrected chi connectivity index (χ4v) is 1.62. The molecule has 9 heteroatoms. The summed E-state index contributed by atoms with van der Waals surface area (Å²) >= 11 is 2.19. The van der Waals surface area contributed by atoms with E-state index in [1.54, 1.807) is 0 Å². The smallest absolute Gasteiger partial charge is 0.260 e. The first kappa shape index (κ1) is 14.6. The molecular formula is C9H10N3O4S2+. The van der Waals surface area contributed by atoms with Crippen molar-refractivity contribution < 1.29 is 13.7 Å². The zero-order valence-electron chi connectivity index (χ0n) is 9.56. The van der Waals surface area contributed by atoms with Crippen molar-refractivity contribution in [2.24, 2.45) is 4.99 Å². The van der Waals surface area contributed by atoms with Crippen LogP contribution in [0.3, 0.4) is 0 Å². The number of thiocarbonyl (C=S) groups is 1. The standard InChI is InChI=1S/C9H9N3O4S2/c1-12(2,18(15)16)7-3-4-8(10-6-17)9(5-7)11(13)14/h3-5H,1-2H3/p+1. The van der Waals surface area contributed by atoms with Gasteiger partial charge in [-0.05, 0) is 18.3 Å². The van der Waals surface area contributed by atoms with Crippen LogP contribution in [0.25, 0.3) is 0 Å². The molecular weight excluding hydrogens is 278 g/mol. The van der Waals surface area contributed by atoms with Gasteiger partial charge in [0.05, 0.1) is 30.2 Å². The summed E-state index contributed by atoms with van der Waals surface area (Å²) in [6, 6.07) is 4.03. The molecule has 0 aliphatic rings. The highest BCUT2D eigenvalue weighted by Crippen LogP contribution is 2.33. The maximum atomic E-state index is 11.2. The molecule has 0 saturated heterocycles. The Morgan fingerprint density at radius 1 is 1.56 bits per heavy atom. The number of nitrogens with zero attached hydrogens (tertiary/aromatic N) is 3. The molecule has 0 aliphatic heterocycles. The Hall–Kier alpha value is -1.51. The first-order valence-electron chi connectivity index (χ1n) is 4.63. The minimum Gasteiger partial charge on any atom is -0.260 e. The number of aliphatic imine (C=N–C) groups is 1. The summed E-state index contributed by atoms with van der Waals surface area (Å²) < 4.78 is 19.9. The second kappa shape index (κ2) is 5.42. The quantitative estimate of drug-likeness (QED) is 0.228. The molecule has 0 spiro atoms. The van der Waals surface area contributed by atoms with E-state index in [1.165, 1.54) is 32.3 Å². The molecule has 1 atom stereocenters. The fraction of sp³-hybridized carbons (Fsp3) is 0.222. The van der Waals surface area contributed by atoms with Crippen molar-refractivity contribution in [3.63, 3.8) is 0 Å². The number of nitro groups is 1. The number of benzene rings is 1. The van der Waals surface area contributed by atoms with E-state index in [2.05, 4.69) is 17.2 Å². The molecule has 0 amide bonds. The summed E-state index contributed by atoms with van der Waals surface area (Å²) in [5.74, 6) is 0. The Labute approximate surface area is 111 Å². The molecule has 18 heavy (non-hydrogen) atoms. The van der Waals surface area contributed by atoms with Crippen molar-refractivity contribution in [3.8, 4) is 0 Å². The van der Waals surface area contributed by atoms with Crippen LogP contribution >= 0.6 is 12.2 Å². The van der Waals surface area contributed by atoms with Gasteiger partial charge in [0.1, 0.15) is 0 Å². The van der Waals surface area contributed by atoms with Crippen LogP contribution in [0, 0.1) is 10.1 Å². The van der Waals surface area contributed by atoms with E-state index in [9.17, 15) is 14.3 Å². The number of hydrogen-bond donors (Lipinski definition) is 1. The Morgan fingerprint density at radius 2 is 2.17 bits per heavy atom. The molecule has 1 rings (SSSR count). The average molecular weight is 288 g/mol. The number of hydrogen-bond acceptors (Lipinski definition) is 5. The second-order valence-corrected chi connectivity index (χ2v) is 5.27. The molecule has 0 aromatic heterocycles. The predicted molar refractivity (Wildman–Crippen MR) is 72.2 cm³/mol. The Bertz CT molecular complexity index is 567. The lowest BCUT2D eigenvalue weighted by Crippen LogP contribution is -2.41. The van der Waals surface area contributed by atoms with Crippen molar-refractivity contribution in [2.45, 2.75) is 0 Å². The van der Waals surface area contributed by atoms with Gasteiger partial charge in [-0.2, -0.15) is 13.1 Å². The normalized spacial score (nSPS) is 12.6. The topological polar surface area (TPSA) is 92.8 Å². The van der Waals surface area contributed by atoms with Crippen LogP contribution in [-0.4, -0.2) is 32.9 Å². The highest BCUT2D eigenvalue weighted by atomic mass is 32.2. The molecule has 96 valence electrons. The molecule has 0 radical (unpaired) electrons. The zero-order chi connectivity index (χ0) is 13.9. The third-order valence-electron chi connectivity index (χ3n) is 2.33. The first-order valence-corrected chi connectivity index (χ1v) is 6.10. The van der Waals surface area contributed by atoms with Gasteiger partial charge >= 0.3 is 17.0 Å². The lowest BCUT2D eigenvalue weighted by Gasteiger charge is -2.22. The average Bonchev–Trinajstić information content (AvgIpc) is 2.29. The van der Waals surface area contributed by atoms with Gasteiger partial charge in [0.2, 0.25) is 0 Å². The summed E-state index contributed by atoms with van der Waals surface area (Å²) in [4.78, 5) is 13.8. The van der Waals surface area contributed by atoms with E-state index in [4.69, 9.17) is 4.55 Å². The van der Waals surface area contributed by atoms with Crippen LogP contribution in [0.15, 0.2) is 23.2 Å². The SMILES string of the molecule is C[N+](C)(c1ccc(N=C=S)c([N+](=O)[O-])c1)S(=O)O. The number of nitro benzene ring substituents is 1. The highest BCUT2D eigenvalue weighted by Gasteiger charge is 2.29. The molecule has 1 unspecified atom stereocenters. The van der Waals surface area contributed by atoms with E-state index in [1.807, 2.05) is 5.16 Å². The third kappa shape index (κ3) is 2.84. The van der Waals surface area contributed by atoms with E-state index in [0.717, 1.165) is 0 Å². The minimum atomic E-state index is -2.21. The van der Waals surface area contributed by atoms with Crippen molar-refractivity contribution in [3.05, 3.63) is 28.3 Å². The molecule has 1 aromatic rings. The molecule has 0 fully saturated rings. The maximum Gasteiger partial charge on any atom is 0.363 e. The number of quaternary nitrogens is 1.